The lowest BCUT2D eigenvalue weighted by Gasteiger charge is -2.33. The number of nitrogens with zero attached hydrogens (tertiary/aromatic N) is 2. The molecule has 0 radical (unpaired) electrons. The van der Waals surface area contributed by atoms with Crippen LogP contribution >= 0.6 is 23.2 Å². The van der Waals surface area contributed by atoms with Gasteiger partial charge in [0.1, 0.15) is 6.04 Å². The lowest BCUT2D eigenvalue weighted by atomic mass is 10.0. The second-order valence-corrected chi connectivity index (χ2v) is 13.3. The second kappa shape index (κ2) is 15.4. The third kappa shape index (κ3) is 9.75. The number of carbonyl (C=O) groups excluding carboxylic acids is 2. The SMILES string of the molecule is CCC(C)NC(=O)C(Cc1ccccc1)N(Cc1cccc(Cl)c1)C(=O)CCCN(c1cc(Cl)ccc1C)S(C)(=O)=O. The van der Waals surface area contributed by atoms with Gasteiger partial charge in [0.25, 0.3) is 0 Å². The van der Waals surface area contributed by atoms with Crippen LogP contribution in [0, 0.1) is 6.92 Å². The molecule has 0 aromatic heterocycles. The molecule has 226 valence electrons. The number of carbonyl (C=O) groups is 2. The van der Waals surface area contributed by atoms with Crippen molar-refractivity contribution in [2.45, 2.75) is 65.1 Å². The summed E-state index contributed by atoms with van der Waals surface area (Å²) in [4.78, 5) is 29.2. The van der Waals surface area contributed by atoms with Crippen molar-refractivity contribution < 1.29 is 18.0 Å². The molecule has 2 amide bonds. The summed E-state index contributed by atoms with van der Waals surface area (Å²) >= 11 is 12.4. The predicted molar refractivity (Wildman–Crippen MR) is 171 cm³/mol. The van der Waals surface area contributed by atoms with Gasteiger partial charge in [-0.2, -0.15) is 0 Å². The Bertz CT molecular complexity index is 1470. The molecule has 0 aliphatic carbocycles. The number of nitrogens with one attached hydrogen (secondary N) is 1. The van der Waals surface area contributed by atoms with Crippen LogP contribution in [0.25, 0.3) is 0 Å². The molecule has 7 nitrogen and oxygen atoms in total. The molecule has 2 atom stereocenters. The molecule has 3 rings (SSSR count). The van der Waals surface area contributed by atoms with Crippen LogP contribution in [0.15, 0.2) is 72.8 Å². The zero-order chi connectivity index (χ0) is 30.9. The maximum absolute atomic E-state index is 13.9. The summed E-state index contributed by atoms with van der Waals surface area (Å²) in [7, 11) is -3.64. The van der Waals surface area contributed by atoms with Gasteiger partial charge < -0.3 is 10.2 Å². The van der Waals surface area contributed by atoms with Gasteiger partial charge in [0, 0.05) is 42.0 Å². The Morgan fingerprint density at radius 1 is 0.929 bits per heavy atom. The molecule has 0 aliphatic heterocycles. The molecule has 0 saturated heterocycles. The molecule has 0 spiro atoms. The van der Waals surface area contributed by atoms with Crippen LogP contribution in [0.2, 0.25) is 10.0 Å². The van der Waals surface area contributed by atoms with E-state index in [4.69, 9.17) is 23.2 Å². The zero-order valence-corrected chi connectivity index (χ0v) is 26.8. The zero-order valence-electron chi connectivity index (χ0n) is 24.5. The number of amides is 2. The van der Waals surface area contributed by atoms with E-state index in [9.17, 15) is 18.0 Å². The van der Waals surface area contributed by atoms with Gasteiger partial charge >= 0.3 is 0 Å². The summed E-state index contributed by atoms with van der Waals surface area (Å²) in [5.41, 5.74) is 2.94. The van der Waals surface area contributed by atoms with E-state index in [1.807, 2.05) is 63.2 Å². The molecule has 0 heterocycles. The number of benzene rings is 3. The molecule has 3 aromatic rings. The standard InChI is InChI=1S/C32H39Cl2N3O4S/c1-5-24(3)35-32(39)30(20-25-11-7-6-8-12-25)36(22-26-13-9-14-27(33)19-26)31(38)15-10-18-37(42(4,40)41)29-21-28(34)17-16-23(29)2/h6-9,11-14,16-17,19,21,24,30H,5,10,15,18,20,22H2,1-4H3,(H,35,39). The molecular weight excluding hydrogens is 593 g/mol. The van der Waals surface area contributed by atoms with Crippen LogP contribution in [0.3, 0.4) is 0 Å². The highest BCUT2D eigenvalue weighted by atomic mass is 35.5. The van der Waals surface area contributed by atoms with Crippen LogP contribution in [-0.4, -0.2) is 50.0 Å². The molecule has 0 bridgehead atoms. The lowest BCUT2D eigenvalue weighted by Crippen LogP contribution is -2.52. The first-order valence-corrected chi connectivity index (χ1v) is 16.6. The Kier molecular flexibility index (Phi) is 12.3. The Morgan fingerprint density at radius 3 is 2.24 bits per heavy atom. The van der Waals surface area contributed by atoms with E-state index >= 15 is 0 Å². The smallest absolute Gasteiger partial charge is 0.243 e. The van der Waals surface area contributed by atoms with E-state index < -0.39 is 16.1 Å². The first-order valence-electron chi connectivity index (χ1n) is 14.0. The normalized spacial score (nSPS) is 12.8. The molecule has 2 unspecified atom stereocenters. The number of sulfonamides is 1. The minimum atomic E-state index is -3.64. The summed E-state index contributed by atoms with van der Waals surface area (Å²) in [6, 6.07) is 21.0. The van der Waals surface area contributed by atoms with Gasteiger partial charge in [-0.3, -0.25) is 13.9 Å². The van der Waals surface area contributed by atoms with E-state index in [1.54, 1.807) is 35.2 Å². The molecule has 42 heavy (non-hydrogen) atoms. The highest BCUT2D eigenvalue weighted by Crippen LogP contribution is 2.27. The van der Waals surface area contributed by atoms with Crippen molar-refractivity contribution in [2.75, 3.05) is 17.1 Å². The van der Waals surface area contributed by atoms with Crippen LogP contribution in [0.5, 0.6) is 0 Å². The van der Waals surface area contributed by atoms with E-state index in [2.05, 4.69) is 5.32 Å². The topological polar surface area (TPSA) is 86.8 Å². The number of halogens is 2. The molecule has 0 fully saturated rings. The minimum Gasteiger partial charge on any atom is -0.352 e. The second-order valence-electron chi connectivity index (χ2n) is 10.5. The van der Waals surface area contributed by atoms with Gasteiger partial charge in [0.15, 0.2) is 0 Å². The van der Waals surface area contributed by atoms with Crippen molar-refractivity contribution in [2.24, 2.45) is 0 Å². The molecular formula is C32H39Cl2N3O4S. The van der Waals surface area contributed by atoms with Gasteiger partial charge in [0.05, 0.1) is 11.9 Å². The number of hydrogen-bond donors (Lipinski definition) is 1. The number of anilines is 1. The van der Waals surface area contributed by atoms with Crippen molar-refractivity contribution in [3.8, 4) is 0 Å². The quantitative estimate of drug-likeness (QED) is 0.223. The molecule has 3 aromatic carbocycles. The summed E-state index contributed by atoms with van der Waals surface area (Å²) < 4.78 is 26.7. The van der Waals surface area contributed by atoms with Crippen molar-refractivity contribution in [1.29, 1.82) is 0 Å². The average molecular weight is 633 g/mol. The van der Waals surface area contributed by atoms with Crippen LogP contribution in [-0.2, 0) is 32.6 Å². The van der Waals surface area contributed by atoms with Gasteiger partial charge in [-0.25, -0.2) is 8.42 Å². The minimum absolute atomic E-state index is 0.0358. The van der Waals surface area contributed by atoms with Crippen LogP contribution < -0.4 is 9.62 Å². The van der Waals surface area contributed by atoms with Gasteiger partial charge in [-0.05, 0) is 67.6 Å². The largest absolute Gasteiger partial charge is 0.352 e. The summed E-state index contributed by atoms with van der Waals surface area (Å²) in [6.07, 6.45) is 2.49. The van der Waals surface area contributed by atoms with Crippen molar-refractivity contribution in [3.05, 3.63) is 99.5 Å². The number of rotatable bonds is 14. The fourth-order valence-electron chi connectivity index (χ4n) is 4.66. The molecule has 1 N–H and O–H groups in total. The van der Waals surface area contributed by atoms with E-state index in [0.717, 1.165) is 29.4 Å². The monoisotopic (exact) mass is 631 g/mol. The van der Waals surface area contributed by atoms with Crippen LogP contribution in [0.4, 0.5) is 5.69 Å². The third-order valence-electron chi connectivity index (χ3n) is 7.11. The Morgan fingerprint density at radius 2 is 1.60 bits per heavy atom. The van der Waals surface area contributed by atoms with Gasteiger partial charge in [-0.15, -0.1) is 0 Å². The van der Waals surface area contributed by atoms with E-state index in [1.165, 1.54) is 4.31 Å². The van der Waals surface area contributed by atoms with Gasteiger partial charge in [0.2, 0.25) is 21.8 Å². The first-order chi connectivity index (χ1) is 19.9. The number of aryl methyl sites for hydroxylation is 1. The lowest BCUT2D eigenvalue weighted by molar-refractivity contribution is -0.141. The fraction of sp³-hybridized carbons (Fsp3) is 0.375. The predicted octanol–water partition coefficient (Wildman–Crippen LogP) is 6.40. The van der Waals surface area contributed by atoms with Crippen molar-refractivity contribution >= 4 is 50.7 Å². The number of hydrogen-bond acceptors (Lipinski definition) is 4. The molecule has 0 saturated carbocycles. The molecule has 0 aliphatic rings. The van der Waals surface area contributed by atoms with Crippen molar-refractivity contribution in [1.82, 2.24) is 10.2 Å². The Hall–Kier alpha value is -3.07. The molecule has 10 heteroatoms. The van der Waals surface area contributed by atoms with Crippen molar-refractivity contribution in [3.63, 3.8) is 0 Å². The summed E-state index contributed by atoms with van der Waals surface area (Å²) in [5.74, 6) is -0.498. The van der Waals surface area contributed by atoms with E-state index in [0.29, 0.717) is 22.2 Å². The Balaban J connectivity index is 1.91. The maximum atomic E-state index is 13.9. The fourth-order valence-corrected chi connectivity index (χ4v) is 6.05. The Labute approximate surface area is 259 Å². The highest BCUT2D eigenvalue weighted by Gasteiger charge is 2.31. The van der Waals surface area contributed by atoms with Crippen LogP contribution in [0.1, 0.15) is 49.8 Å². The first kappa shape index (κ1) is 33.4. The third-order valence-corrected chi connectivity index (χ3v) is 8.76. The average Bonchev–Trinajstić information content (AvgIpc) is 2.94. The maximum Gasteiger partial charge on any atom is 0.243 e. The summed E-state index contributed by atoms with van der Waals surface area (Å²) in [6.45, 7) is 5.98. The van der Waals surface area contributed by atoms with Gasteiger partial charge in [-0.1, -0.05) is 78.7 Å². The highest BCUT2D eigenvalue weighted by molar-refractivity contribution is 7.92. The van der Waals surface area contributed by atoms with E-state index in [-0.39, 0.29) is 43.8 Å². The summed E-state index contributed by atoms with van der Waals surface area (Å²) in [5, 5.41) is 4.00.